The zero-order chi connectivity index (χ0) is 23.1. The van der Waals surface area contributed by atoms with Crippen LogP contribution in [-0.2, 0) is 22.7 Å². The Morgan fingerprint density at radius 1 is 0.645 bits per heavy atom. The molecule has 0 saturated carbocycles. The highest BCUT2D eigenvalue weighted by Gasteiger charge is 2.42. The van der Waals surface area contributed by atoms with Gasteiger partial charge in [-0.05, 0) is 25.0 Å². The number of hydrogen-bond acceptors (Lipinski definition) is 4. The van der Waals surface area contributed by atoms with Gasteiger partial charge in [0, 0.05) is 17.3 Å². The third-order valence-electron chi connectivity index (χ3n) is 6.83. The van der Waals surface area contributed by atoms with Crippen molar-refractivity contribution < 1.29 is 19.7 Å². The molecule has 2 aromatic carbocycles. The Morgan fingerprint density at radius 2 is 0.968 bits per heavy atom. The Labute approximate surface area is 188 Å². The van der Waals surface area contributed by atoms with Crippen molar-refractivity contribution in [1.82, 2.24) is 0 Å². The first-order chi connectivity index (χ1) is 14.5. The van der Waals surface area contributed by atoms with E-state index in [2.05, 4.69) is 0 Å². The highest BCUT2D eigenvalue weighted by Crippen LogP contribution is 2.38. The zero-order valence-corrected chi connectivity index (χ0v) is 19.9. The van der Waals surface area contributed by atoms with Crippen LogP contribution in [0.25, 0.3) is 0 Å². The van der Waals surface area contributed by atoms with Gasteiger partial charge in [-0.1, -0.05) is 88.4 Å². The van der Waals surface area contributed by atoms with Gasteiger partial charge in [0.25, 0.3) is 0 Å². The van der Waals surface area contributed by atoms with Crippen molar-refractivity contribution in [3.8, 4) is 0 Å². The maximum absolute atomic E-state index is 10.5. The molecular weight excluding hydrogens is 388 g/mol. The van der Waals surface area contributed by atoms with Crippen LogP contribution in [0.2, 0.25) is 0 Å². The molecule has 2 rings (SSSR count). The third kappa shape index (κ3) is 7.15. The van der Waals surface area contributed by atoms with Crippen LogP contribution in [0.4, 0.5) is 0 Å². The molecular formula is C27H40O4. The monoisotopic (exact) mass is 428 g/mol. The molecule has 0 fully saturated rings. The maximum Gasteiger partial charge on any atom is 0.0720 e. The minimum Gasteiger partial charge on any atom is -0.393 e. The molecule has 0 aliphatic rings. The summed E-state index contributed by atoms with van der Waals surface area (Å²) >= 11 is 0. The minimum atomic E-state index is -0.558. The van der Waals surface area contributed by atoms with Gasteiger partial charge >= 0.3 is 0 Å². The topological polar surface area (TPSA) is 58.9 Å². The second-order valence-corrected chi connectivity index (χ2v) is 9.80. The van der Waals surface area contributed by atoms with Gasteiger partial charge in [0.05, 0.1) is 37.6 Å². The predicted molar refractivity (Wildman–Crippen MR) is 126 cm³/mol. The van der Waals surface area contributed by atoms with Crippen molar-refractivity contribution in [1.29, 1.82) is 0 Å². The normalized spacial score (nSPS) is 16.5. The van der Waals surface area contributed by atoms with Crippen LogP contribution < -0.4 is 0 Å². The third-order valence-corrected chi connectivity index (χ3v) is 6.83. The number of hydrogen-bond donors (Lipinski definition) is 2. The van der Waals surface area contributed by atoms with Crippen LogP contribution in [0.5, 0.6) is 0 Å². The highest BCUT2D eigenvalue weighted by atomic mass is 16.5. The number of rotatable bonds is 12. The van der Waals surface area contributed by atoms with Crippen LogP contribution in [0.1, 0.15) is 59.1 Å². The molecule has 0 radical (unpaired) electrons. The largest absolute Gasteiger partial charge is 0.393 e. The summed E-state index contributed by atoms with van der Waals surface area (Å²) in [5, 5.41) is 21.0. The van der Waals surface area contributed by atoms with E-state index in [1.54, 1.807) is 13.8 Å². The summed E-state index contributed by atoms with van der Waals surface area (Å²) in [6, 6.07) is 20.1. The maximum atomic E-state index is 10.5. The second kappa shape index (κ2) is 11.2. The number of aliphatic hydroxyl groups is 2. The zero-order valence-electron chi connectivity index (χ0n) is 19.9. The molecule has 4 heteroatoms. The van der Waals surface area contributed by atoms with E-state index < -0.39 is 23.0 Å². The highest BCUT2D eigenvalue weighted by molar-refractivity contribution is 5.14. The summed E-state index contributed by atoms with van der Waals surface area (Å²) in [5.41, 5.74) is 1.20. The second-order valence-electron chi connectivity index (χ2n) is 9.80. The van der Waals surface area contributed by atoms with Crippen LogP contribution >= 0.6 is 0 Å². The average molecular weight is 429 g/mol. The van der Waals surface area contributed by atoms with Gasteiger partial charge in [0.1, 0.15) is 0 Å². The quantitative estimate of drug-likeness (QED) is 0.478. The molecule has 2 unspecified atom stereocenters. The smallest absolute Gasteiger partial charge is 0.0720 e. The SMILES string of the molecule is CC(O)C(C)(C)[C@@H](C[C@@H](OCc1ccccc1)C(C)(C)C(C)O)OCc1ccccc1. The summed E-state index contributed by atoms with van der Waals surface area (Å²) in [5.74, 6) is 0. The summed E-state index contributed by atoms with van der Waals surface area (Å²) in [6.45, 7) is 12.6. The molecule has 4 atom stereocenters. The number of aliphatic hydroxyl groups excluding tert-OH is 2. The molecule has 0 aromatic heterocycles. The van der Waals surface area contributed by atoms with E-state index in [4.69, 9.17) is 9.47 Å². The molecule has 0 amide bonds. The van der Waals surface area contributed by atoms with Crippen molar-refractivity contribution >= 4 is 0 Å². The van der Waals surface area contributed by atoms with Gasteiger partial charge in [0.15, 0.2) is 0 Å². The van der Waals surface area contributed by atoms with Gasteiger partial charge in [0.2, 0.25) is 0 Å². The van der Waals surface area contributed by atoms with Crippen molar-refractivity contribution in [2.24, 2.45) is 10.8 Å². The van der Waals surface area contributed by atoms with Crippen LogP contribution in [-0.4, -0.2) is 34.6 Å². The standard InChI is InChI=1S/C27H40O4/c1-20(28)26(3,4)24(30-18-22-13-9-7-10-14-22)17-25(27(5,6)21(2)29)31-19-23-15-11-8-12-16-23/h7-16,20-21,24-25,28-29H,17-19H2,1-6H3/t20?,21?,24-,25-/m1/s1. The van der Waals surface area contributed by atoms with E-state index in [0.29, 0.717) is 19.6 Å². The van der Waals surface area contributed by atoms with Gasteiger partial charge in [-0.3, -0.25) is 0 Å². The summed E-state index contributed by atoms with van der Waals surface area (Å²) in [4.78, 5) is 0. The van der Waals surface area contributed by atoms with Crippen LogP contribution in [0.3, 0.4) is 0 Å². The summed E-state index contributed by atoms with van der Waals surface area (Å²) < 4.78 is 12.8. The van der Waals surface area contributed by atoms with E-state index in [9.17, 15) is 10.2 Å². The van der Waals surface area contributed by atoms with Crippen molar-refractivity contribution in [2.75, 3.05) is 0 Å². The van der Waals surface area contributed by atoms with Crippen LogP contribution in [0, 0.1) is 10.8 Å². The molecule has 172 valence electrons. The Hall–Kier alpha value is -1.72. The Bertz CT molecular complexity index is 688. The lowest BCUT2D eigenvalue weighted by molar-refractivity contribution is -0.145. The number of ether oxygens (including phenoxy) is 2. The minimum absolute atomic E-state index is 0.258. The van der Waals surface area contributed by atoms with Gasteiger partial charge in [-0.25, -0.2) is 0 Å². The molecule has 2 N–H and O–H groups in total. The van der Waals surface area contributed by atoms with Gasteiger partial charge in [-0.2, -0.15) is 0 Å². The summed E-state index contributed by atoms with van der Waals surface area (Å²) in [7, 11) is 0. The first-order valence-corrected chi connectivity index (χ1v) is 11.2. The van der Waals surface area contributed by atoms with E-state index in [1.165, 1.54) is 0 Å². The average Bonchev–Trinajstić information content (AvgIpc) is 2.74. The predicted octanol–water partition coefficient (Wildman–Crippen LogP) is 5.36. The molecule has 0 aliphatic heterocycles. The van der Waals surface area contributed by atoms with Crippen molar-refractivity contribution in [2.45, 2.75) is 85.6 Å². The molecule has 31 heavy (non-hydrogen) atoms. The molecule has 2 aromatic rings. The molecule has 0 spiro atoms. The lowest BCUT2D eigenvalue weighted by atomic mass is 9.73. The first kappa shape index (κ1) is 25.5. The Balaban J connectivity index is 2.24. The lowest BCUT2D eigenvalue weighted by Crippen LogP contribution is -2.48. The van der Waals surface area contributed by atoms with Crippen molar-refractivity contribution in [3.63, 3.8) is 0 Å². The Kier molecular flexibility index (Phi) is 9.26. The van der Waals surface area contributed by atoms with E-state index >= 15 is 0 Å². The summed E-state index contributed by atoms with van der Waals surface area (Å²) in [6.07, 6.45) is -1.07. The first-order valence-electron chi connectivity index (χ1n) is 11.2. The molecule has 4 nitrogen and oxygen atoms in total. The van der Waals surface area contributed by atoms with E-state index in [1.807, 2.05) is 88.4 Å². The fraction of sp³-hybridized carbons (Fsp3) is 0.556. The van der Waals surface area contributed by atoms with Crippen molar-refractivity contribution in [3.05, 3.63) is 71.8 Å². The molecule has 0 heterocycles. The lowest BCUT2D eigenvalue weighted by Gasteiger charge is -2.43. The fourth-order valence-electron chi connectivity index (χ4n) is 3.45. The van der Waals surface area contributed by atoms with E-state index in [-0.39, 0.29) is 12.2 Å². The van der Waals surface area contributed by atoms with Gasteiger partial charge in [-0.15, -0.1) is 0 Å². The van der Waals surface area contributed by atoms with Crippen LogP contribution in [0.15, 0.2) is 60.7 Å². The molecule has 0 saturated heterocycles. The fourth-order valence-corrected chi connectivity index (χ4v) is 3.45. The number of benzene rings is 2. The molecule has 0 aliphatic carbocycles. The Morgan fingerprint density at radius 3 is 1.26 bits per heavy atom. The van der Waals surface area contributed by atoms with Gasteiger partial charge < -0.3 is 19.7 Å². The molecule has 0 bridgehead atoms. The van der Waals surface area contributed by atoms with E-state index in [0.717, 1.165) is 11.1 Å².